The molecule has 0 spiro atoms. The summed E-state index contributed by atoms with van der Waals surface area (Å²) in [6.07, 6.45) is 0.372. The summed E-state index contributed by atoms with van der Waals surface area (Å²) in [5.41, 5.74) is 0.973. The van der Waals surface area contributed by atoms with Gasteiger partial charge in [0.25, 0.3) is 0 Å². The zero-order valence-electron chi connectivity index (χ0n) is 15.2. The van der Waals surface area contributed by atoms with Crippen molar-refractivity contribution in [1.29, 1.82) is 0 Å². The minimum atomic E-state index is -0.483. The number of benzene rings is 1. The van der Waals surface area contributed by atoms with Crippen molar-refractivity contribution in [3.63, 3.8) is 0 Å². The van der Waals surface area contributed by atoms with E-state index >= 15 is 0 Å². The average Bonchev–Trinajstić information content (AvgIpc) is 2.63. The van der Waals surface area contributed by atoms with Crippen molar-refractivity contribution in [1.82, 2.24) is 9.88 Å². The highest BCUT2D eigenvalue weighted by atomic mass is 19.1. The molecule has 1 saturated heterocycles. The highest BCUT2D eigenvalue weighted by molar-refractivity contribution is 5.79. The summed E-state index contributed by atoms with van der Waals surface area (Å²) in [5, 5.41) is 0. The zero-order chi connectivity index (χ0) is 18.5. The van der Waals surface area contributed by atoms with Crippen molar-refractivity contribution < 1.29 is 13.9 Å². The second-order valence-electron chi connectivity index (χ2n) is 6.45. The van der Waals surface area contributed by atoms with E-state index in [1.54, 1.807) is 12.1 Å². The molecule has 2 aromatic rings. The Bertz CT molecular complexity index is 751. The molecule has 1 unspecified atom stereocenters. The standard InChI is InChI=1S/C20H24FN3O2/c1-3-26-17-9-7-16(8-10-17)13-20(25)23-11-12-24(15(2)14-23)19-6-4-5-18(21)22-19/h4-10,15H,3,11-14H2,1-2H3. The predicted molar refractivity (Wildman–Crippen MR) is 98.9 cm³/mol. The van der Waals surface area contributed by atoms with Gasteiger partial charge in [-0.25, -0.2) is 4.98 Å². The summed E-state index contributed by atoms with van der Waals surface area (Å²) in [6.45, 7) is 6.46. The number of aromatic nitrogens is 1. The quantitative estimate of drug-likeness (QED) is 0.772. The van der Waals surface area contributed by atoms with Crippen LogP contribution in [-0.2, 0) is 11.2 Å². The number of hydrogen-bond donors (Lipinski definition) is 0. The van der Waals surface area contributed by atoms with Gasteiger partial charge >= 0.3 is 0 Å². The lowest BCUT2D eigenvalue weighted by Gasteiger charge is -2.40. The van der Waals surface area contributed by atoms with Crippen molar-refractivity contribution in [2.45, 2.75) is 26.3 Å². The number of carbonyl (C=O) groups excluding carboxylic acids is 1. The van der Waals surface area contributed by atoms with E-state index in [1.165, 1.54) is 6.07 Å². The van der Waals surface area contributed by atoms with Crippen LogP contribution >= 0.6 is 0 Å². The van der Waals surface area contributed by atoms with E-state index in [1.807, 2.05) is 47.9 Å². The van der Waals surface area contributed by atoms with Crippen LogP contribution < -0.4 is 9.64 Å². The van der Waals surface area contributed by atoms with Gasteiger partial charge in [-0.1, -0.05) is 18.2 Å². The van der Waals surface area contributed by atoms with E-state index in [0.29, 0.717) is 38.5 Å². The number of amides is 1. The Hall–Kier alpha value is -2.63. The molecular formula is C20H24FN3O2. The second-order valence-corrected chi connectivity index (χ2v) is 6.45. The van der Waals surface area contributed by atoms with E-state index < -0.39 is 5.95 Å². The van der Waals surface area contributed by atoms with E-state index in [2.05, 4.69) is 4.98 Å². The third-order valence-electron chi connectivity index (χ3n) is 4.56. The third-order valence-corrected chi connectivity index (χ3v) is 4.56. The molecule has 6 heteroatoms. The molecular weight excluding hydrogens is 333 g/mol. The van der Waals surface area contributed by atoms with Crippen LogP contribution in [0.25, 0.3) is 0 Å². The Morgan fingerprint density at radius 2 is 2.00 bits per heavy atom. The monoisotopic (exact) mass is 357 g/mol. The van der Waals surface area contributed by atoms with Crippen LogP contribution in [0.1, 0.15) is 19.4 Å². The first-order valence-corrected chi connectivity index (χ1v) is 8.95. The molecule has 1 aromatic carbocycles. The maximum Gasteiger partial charge on any atom is 0.227 e. The first-order chi connectivity index (χ1) is 12.6. The number of ether oxygens (including phenoxy) is 1. The minimum Gasteiger partial charge on any atom is -0.494 e. The Morgan fingerprint density at radius 3 is 2.65 bits per heavy atom. The van der Waals surface area contributed by atoms with Crippen molar-refractivity contribution in [3.05, 3.63) is 54.0 Å². The van der Waals surface area contributed by atoms with Gasteiger partial charge in [0.2, 0.25) is 11.9 Å². The number of anilines is 1. The summed E-state index contributed by atoms with van der Waals surface area (Å²) < 4.78 is 18.8. The van der Waals surface area contributed by atoms with Gasteiger partial charge in [-0.05, 0) is 43.7 Å². The van der Waals surface area contributed by atoms with E-state index in [-0.39, 0.29) is 11.9 Å². The van der Waals surface area contributed by atoms with Crippen LogP contribution in [0.15, 0.2) is 42.5 Å². The Balaban J connectivity index is 1.58. The van der Waals surface area contributed by atoms with Crippen LogP contribution in [0.3, 0.4) is 0 Å². The van der Waals surface area contributed by atoms with E-state index in [4.69, 9.17) is 4.74 Å². The fraction of sp³-hybridized carbons (Fsp3) is 0.400. The maximum absolute atomic E-state index is 13.4. The third kappa shape index (κ3) is 4.31. The van der Waals surface area contributed by atoms with Crippen molar-refractivity contribution in [2.24, 2.45) is 0 Å². The lowest BCUT2D eigenvalue weighted by atomic mass is 10.1. The molecule has 1 amide bonds. The number of pyridine rings is 1. The summed E-state index contributed by atoms with van der Waals surface area (Å²) in [7, 11) is 0. The summed E-state index contributed by atoms with van der Waals surface area (Å²) >= 11 is 0. The average molecular weight is 357 g/mol. The highest BCUT2D eigenvalue weighted by Crippen LogP contribution is 2.19. The molecule has 138 valence electrons. The Morgan fingerprint density at radius 1 is 1.23 bits per heavy atom. The van der Waals surface area contributed by atoms with E-state index in [9.17, 15) is 9.18 Å². The summed E-state index contributed by atoms with van der Waals surface area (Å²) in [5.74, 6) is 1.06. The van der Waals surface area contributed by atoms with Gasteiger partial charge in [0.1, 0.15) is 11.6 Å². The van der Waals surface area contributed by atoms with Crippen LogP contribution in [0.4, 0.5) is 10.2 Å². The topological polar surface area (TPSA) is 45.7 Å². The number of piperazine rings is 1. The molecule has 1 atom stereocenters. The van der Waals surface area contributed by atoms with Crippen LogP contribution in [0, 0.1) is 5.95 Å². The largest absolute Gasteiger partial charge is 0.494 e. The van der Waals surface area contributed by atoms with Gasteiger partial charge in [-0.2, -0.15) is 4.39 Å². The number of halogens is 1. The first-order valence-electron chi connectivity index (χ1n) is 8.95. The van der Waals surface area contributed by atoms with Gasteiger partial charge in [-0.15, -0.1) is 0 Å². The van der Waals surface area contributed by atoms with Crippen LogP contribution in [0.5, 0.6) is 5.75 Å². The molecule has 0 aliphatic carbocycles. The predicted octanol–water partition coefficient (Wildman–Crippen LogP) is 2.90. The summed E-state index contributed by atoms with van der Waals surface area (Å²) in [6, 6.07) is 12.5. The highest BCUT2D eigenvalue weighted by Gasteiger charge is 2.27. The lowest BCUT2D eigenvalue weighted by Crippen LogP contribution is -2.54. The minimum absolute atomic E-state index is 0.0855. The van der Waals surface area contributed by atoms with Gasteiger partial charge in [0.05, 0.1) is 13.0 Å². The molecule has 0 N–H and O–H groups in total. The van der Waals surface area contributed by atoms with Crippen LogP contribution in [0.2, 0.25) is 0 Å². The molecule has 1 aliphatic rings. The molecule has 2 heterocycles. The molecule has 1 aromatic heterocycles. The van der Waals surface area contributed by atoms with Crippen molar-refractivity contribution in [2.75, 3.05) is 31.1 Å². The first kappa shape index (κ1) is 18.2. The molecule has 0 bridgehead atoms. The van der Waals surface area contributed by atoms with Crippen molar-refractivity contribution >= 4 is 11.7 Å². The molecule has 0 saturated carbocycles. The normalized spacial score (nSPS) is 17.3. The molecule has 1 aliphatic heterocycles. The molecule has 3 rings (SSSR count). The fourth-order valence-corrected chi connectivity index (χ4v) is 3.24. The smallest absolute Gasteiger partial charge is 0.227 e. The van der Waals surface area contributed by atoms with E-state index in [0.717, 1.165) is 11.3 Å². The maximum atomic E-state index is 13.4. The van der Waals surface area contributed by atoms with Gasteiger partial charge in [0, 0.05) is 25.7 Å². The summed E-state index contributed by atoms with van der Waals surface area (Å²) in [4.78, 5) is 20.5. The molecule has 26 heavy (non-hydrogen) atoms. The molecule has 1 fully saturated rings. The fourth-order valence-electron chi connectivity index (χ4n) is 3.24. The zero-order valence-corrected chi connectivity index (χ0v) is 15.2. The van der Waals surface area contributed by atoms with Gasteiger partial charge in [0.15, 0.2) is 0 Å². The lowest BCUT2D eigenvalue weighted by molar-refractivity contribution is -0.131. The Kier molecular flexibility index (Phi) is 5.71. The number of carbonyl (C=O) groups is 1. The van der Waals surface area contributed by atoms with Crippen molar-refractivity contribution in [3.8, 4) is 5.75 Å². The van der Waals surface area contributed by atoms with Crippen LogP contribution in [-0.4, -0.2) is 48.1 Å². The van der Waals surface area contributed by atoms with Gasteiger partial charge in [-0.3, -0.25) is 4.79 Å². The molecule has 0 radical (unpaired) electrons. The molecule has 5 nitrogen and oxygen atoms in total. The Labute approximate surface area is 153 Å². The number of nitrogens with zero attached hydrogens (tertiary/aromatic N) is 3. The van der Waals surface area contributed by atoms with Gasteiger partial charge < -0.3 is 14.5 Å². The number of hydrogen-bond acceptors (Lipinski definition) is 4. The SMILES string of the molecule is CCOc1ccc(CC(=O)N2CCN(c3cccc(F)n3)C(C)C2)cc1. The second kappa shape index (κ2) is 8.17. The number of rotatable bonds is 5.